The second-order valence-electron chi connectivity index (χ2n) is 21.3. The van der Waals surface area contributed by atoms with Crippen molar-refractivity contribution in [2.45, 2.75) is 160 Å². The van der Waals surface area contributed by atoms with Gasteiger partial charge in [-0.25, -0.2) is 13.2 Å². The van der Waals surface area contributed by atoms with Gasteiger partial charge in [0.1, 0.15) is 40.0 Å². The molecular formula is C50H77NO15S. The van der Waals surface area contributed by atoms with E-state index in [0.717, 1.165) is 70.8 Å². The molecule has 3 saturated carbocycles. The highest BCUT2D eigenvalue weighted by Crippen LogP contribution is 2.68. The molecule has 0 aromatic heterocycles. The summed E-state index contributed by atoms with van der Waals surface area (Å²) in [5, 5.41) is 47.2. The molecule has 67 heavy (non-hydrogen) atoms. The minimum Gasteiger partial charge on any atom is -0.497 e. The number of rotatable bonds is 18. The molecule has 0 bridgehead atoms. The third-order valence-electron chi connectivity index (χ3n) is 16.6. The number of carbonyl (C=O) groups is 2. The summed E-state index contributed by atoms with van der Waals surface area (Å²) in [6.07, 6.45) is 1.10. The molecule has 0 amide bonds. The first-order valence-corrected chi connectivity index (χ1v) is 26.6. The maximum absolute atomic E-state index is 13.4. The molecule has 0 radical (unpaired) electrons. The van der Waals surface area contributed by atoms with Gasteiger partial charge in [-0.15, -0.1) is 0 Å². The molecule has 0 spiro atoms. The van der Waals surface area contributed by atoms with Crippen LogP contribution in [-0.4, -0.2) is 148 Å². The standard InChI is InChI=1S/C50H77NO15S/c1-28(25-51-21-22-67(7,58)59)9-8-10-29(2)41-40(24-37-35-16-13-32-23-33(53)17-19-49(32,4)36(35)18-20-50(37,41)5)64-48-45(63-30(3)52)43(39(55)27-62-48)66-47-44(42(56)38(54)26-61-47)65-46(57)31-11-14-34(60-6)15-12-31/h11-15,28-29,33,35-45,47-48,51,53-56H,8-10,16-27H2,1-7H3/t28-,29-,33+,35?,36?,37?,38-,39+,40+,41+,42?,43?,44-,45-,47+,48-,49+,50+/m1/s1. The number of aliphatic hydroxyl groups excluding tert-OH is 4. The minimum atomic E-state index is -3.04. The van der Waals surface area contributed by atoms with Gasteiger partial charge in [0.25, 0.3) is 0 Å². The lowest BCUT2D eigenvalue weighted by Gasteiger charge is -2.58. The summed E-state index contributed by atoms with van der Waals surface area (Å²) in [6, 6.07) is 6.15. The predicted octanol–water partition coefficient (Wildman–Crippen LogP) is 4.34. The number of fused-ring (bicyclic) bond motifs is 5. The Bertz CT molecular complexity index is 1980. The van der Waals surface area contributed by atoms with Crippen LogP contribution >= 0.6 is 0 Å². The van der Waals surface area contributed by atoms with Crippen LogP contribution in [0.4, 0.5) is 0 Å². The van der Waals surface area contributed by atoms with Gasteiger partial charge in [0, 0.05) is 19.7 Å². The fraction of sp³-hybridized carbons (Fsp3) is 0.800. The smallest absolute Gasteiger partial charge is 0.338 e. The number of esters is 2. The van der Waals surface area contributed by atoms with Gasteiger partial charge in [-0.05, 0) is 129 Å². The molecule has 2 saturated heterocycles. The SMILES string of the molecule is COc1ccc(C(=O)O[C@@H]2C(O)[C@H](O)CO[C@H]2OC2[C@@H](OC(C)=O)[C@@H](O[C@H]3CC4C5CC=C6C[C@@H](O)CC[C@]6(C)C5CC[C@]4(C)[C@H]3[C@H](C)CCC[C@@H](C)CNCCS(C)(=O)=O)OC[C@@H]2O)cc1. The molecule has 18 atom stereocenters. The molecule has 6 aliphatic rings. The number of sulfone groups is 1. The second-order valence-corrected chi connectivity index (χ2v) is 23.5. The molecule has 1 aromatic carbocycles. The predicted molar refractivity (Wildman–Crippen MR) is 246 cm³/mol. The quantitative estimate of drug-likeness (QED) is 0.0784. The monoisotopic (exact) mass is 964 g/mol. The van der Waals surface area contributed by atoms with E-state index < -0.39 is 71.0 Å². The number of carbonyl (C=O) groups excluding carboxylic acids is 2. The zero-order valence-corrected chi connectivity index (χ0v) is 41.2. The van der Waals surface area contributed by atoms with Crippen molar-refractivity contribution in [3.63, 3.8) is 0 Å². The molecule has 16 nitrogen and oxygen atoms in total. The third-order valence-corrected chi connectivity index (χ3v) is 17.5. The molecule has 378 valence electrons. The van der Waals surface area contributed by atoms with Crippen LogP contribution in [0.5, 0.6) is 5.75 Å². The molecule has 5 N–H and O–H groups in total. The maximum Gasteiger partial charge on any atom is 0.338 e. The average molecular weight is 964 g/mol. The van der Waals surface area contributed by atoms with Gasteiger partial charge in [0.05, 0.1) is 43.8 Å². The van der Waals surface area contributed by atoms with Crippen molar-refractivity contribution in [1.82, 2.24) is 5.32 Å². The summed E-state index contributed by atoms with van der Waals surface area (Å²) in [7, 11) is -1.54. The van der Waals surface area contributed by atoms with Crippen molar-refractivity contribution in [1.29, 1.82) is 0 Å². The van der Waals surface area contributed by atoms with Gasteiger partial charge >= 0.3 is 11.9 Å². The van der Waals surface area contributed by atoms with E-state index in [1.807, 2.05) is 0 Å². The first kappa shape index (κ1) is 52.1. The third kappa shape index (κ3) is 11.7. The Kier molecular flexibility index (Phi) is 16.9. The number of ether oxygens (including phenoxy) is 7. The second kappa shape index (κ2) is 21.7. The van der Waals surface area contributed by atoms with E-state index in [1.165, 1.54) is 38.0 Å². The number of hydrogen-bond donors (Lipinski definition) is 5. The molecule has 5 unspecified atom stereocenters. The number of methoxy groups -OCH3 is 1. The van der Waals surface area contributed by atoms with Crippen molar-refractivity contribution in [2.75, 3.05) is 45.4 Å². The van der Waals surface area contributed by atoms with Crippen LogP contribution in [0.25, 0.3) is 0 Å². The molecule has 17 heteroatoms. The molecular weight excluding hydrogens is 887 g/mol. The summed E-state index contributed by atoms with van der Waals surface area (Å²) in [5.74, 6) is 1.04. The minimum absolute atomic E-state index is 0.0360. The van der Waals surface area contributed by atoms with Crippen LogP contribution in [0.1, 0.15) is 109 Å². The normalized spacial score (nSPS) is 39.5. The number of allylic oxidation sites excluding steroid dienone is 1. The van der Waals surface area contributed by atoms with E-state index >= 15 is 0 Å². The summed E-state index contributed by atoms with van der Waals surface area (Å²) in [4.78, 5) is 26.2. The Balaban J connectivity index is 1.12. The van der Waals surface area contributed by atoms with Crippen molar-refractivity contribution in [2.24, 2.45) is 46.3 Å². The molecule has 5 fully saturated rings. The Hall–Kier alpha value is -2.71. The molecule has 1 aromatic rings. The van der Waals surface area contributed by atoms with Gasteiger partial charge in [0.15, 0.2) is 24.8 Å². The van der Waals surface area contributed by atoms with Crippen molar-refractivity contribution in [3.05, 3.63) is 41.5 Å². The van der Waals surface area contributed by atoms with Crippen LogP contribution in [0.2, 0.25) is 0 Å². The fourth-order valence-electron chi connectivity index (χ4n) is 13.1. The van der Waals surface area contributed by atoms with E-state index in [4.69, 9.17) is 33.2 Å². The molecule has 7 rings (SSSR count). The summed E-state index contributed by atoms with van der Waals surface area (Å²) < 4.78 is 65.7. The van der Waals surface area contributed by atoms with E-state index in [9.17, 15) is 38.4 Å². The maximum atomic E-state index is 13.4. The summed E-state index contributed by atoms with van der Waals surface area (Å²) in [5.41, 5.74) is 1.50. The van der Waals surface area contributed by atoms with Crippen molar-refractivity contribution < 1.29 is 71.6 Å². The Morgan fingerprint density at radius 2 is 1.60 bits per heavy atom. The fourth-order valence-corrected chi connectivity index (χ4v) is 13.6. The van der Waals surface area contributed by atoms with E-state index in [0.29, 0.717) is 36.0 Å². The lowest BCUT2D eigenvalue weighted by Crippen LogP contribution is -2.62. The largest absolute Gasteiger partial charge is 0.497 e. The van der Waals surface area contributed by atoms with Gasteiger partial charge in [-0.1, -0.05) is 52.2 Å². The van der Waals surface area contributed by atoms with Crippen LogP contribution < -0.4 is 10.1 Å². The van der Waals surface area contributed by atoms with E-state index in [1.54, 1.807) is 12.1 Å². The lowest BCUT2D eigenvalue weighted by molar-refractivity contribution is -0.340. The Labute approximate surface area is 396 Å². The topological polar surface area (TPSA) is 226 Å². The van der Waals surface area contributed by atoms with Crippen LogP contribution in [0.15, 0.2) is 35.9 Å². The zero-order valence-electron chi connectivity index (χ0n) is 40.4. The van der Waals surface area contributed by atoms with E-state index in [2.05, 4.69) is 39.1 Å². The zero-order chi connectivity index (χ0) is 48.4. The first-order valence-electron chi connectivity index (χ1n) is 24.6. The molecule has 4 aliphatic carbocycles. The van der Waals surface area contributed by atoms with Crippen LogP contribution in [0, 0.1) is 46.3 Å². The van der Waals surface area contributed by atoms with Gasteiger partial charge < -0.3 is 58.9 Å². The number of benzene rings is 1. The van der Waals surface area contributed by atoms with Gasteiger partial charge in [-0.2, -0.15) is 0 Å². The van der Waals surface area contributed by atoms with Gasteiger partial charge in [0.2, 0.25) is 0 Å². The molecule has 2 aliphatic heterocycles. The highest BCUT2D eigenvalue weighted by Gasteiger charge is 2.63. The van der Waals surface area contributed by atoms with Crippen molar-refractivity contribution >= 4 is 21.8 Å². The Morgan fingerprint density at radius 1 is 0.896 bits per heavy atom. The first-order chi connectivity index (χ1) is 31.7. The summed E-state index contributed by atoms with van der Waals surface area (Å²) in [6.45, 7) is 11.2. The number of hydrogen-bond acceptors (Lipinski definition) is 16. The Morgan fingerprint density at radius 3 is 2.28 bits per heavy atom. The number of aliphatic hydroxyl groups is 4. The van der Waals surface area contributed by atoms with Gasteiger partial charge in [-0.3, -0.25) is 4.79 Å². The lowest BCUT2D eigenvalue weighted by atomic mass is 9.47. The van der Waals surface area contributed by atoms with E-state index in [-0.39, 0.29) is 59.4 Å². The van der Waals surface area contributed by atoms with Crippen LogP contribution in [0.3, 0.4) is 0 Å². The van der Waals surface area contributed by atoms with Crippen LogP contribution in [-0.2, 0) is 43.1 Å². The average Bonchev–Trinajstić information content (AvgIpc) is 3.58. The molecule has 2 heterocycles. The highest BCUT2D eigenvalue weighted by atomic mass is 32.2. The number of nitrogens with one attached hydrogen (secondary N) is 1. The summed E-state index contributed by atoms with van der Waals surface area (Å²) >= 11 is 0. The highest BCUT2D eigenvalue weighted by molar-refractivity contribution is 7.90. The van der Waals surface area contributed by atoms with Crippen molar-refractivity contribution in [3.8, 4) is 5.75 Å².